The molecule has 0 fully saturated rings. The molecule has 0 saturated carbocycles. The van der Waals surface area contributed by atoms with Crippen LogP contribution in [0.2, 0.25) is 0 Å². The average molecular weight is 232 g/mol. The number of hydrogen-bond donors (Lipinski definition) is 0. The van der Waals surface area contributed by atoms with Crippen molar-refractivity contribution in [1.29, 1.82) is 10.5 Å². The van der Waals surface area contributed by atoms with E-state index in [0.29, 0.717) is 11.4 Å². The van der Waals surface area contributed by atoms with Gasteiger partial charge in [-0.25, -0.2) is 0 Å². The molecule has 2 rings (SSSR count). The number of allylic oxidation sites excluding steroid dienone is 2. The van der Waals surface area contributed by atoms with Gasteiger partial charge in [-0.1, -0.05) is 12.1 Å². The third kappa shape index (κ3) is 2.23. The molecule has 2 aromatic rings. The zero-order chi connectivity index (χ0) is 12.8. The van der Waals surface area contributed by atoms with Crippen LogP contribution < -0.4 is 0 Å². The lowest BCUT2D eigenvalue weighted by molar-refractivity contribution is 1.26. The summed E-state index contributed by atoms with van der Waals surface area (Å²) in [5.74, 6) is 0. The Morgan fingerprint density at radius 3 is 1.50 bits per heavy atom. The fourth-order valence-corrected chi connectivity index (χ4v) is 1.50. The van der Waals surface area contributed by atoms with Crippen LogP contribution in [0.25, 0.3) is 11.1 Å². The van der Waals surface area contributed by atoms with Gasteiger partial charge in [0, 0.05) is 12.4 Å². The molecule has 4 heteroatoms. The van der Waals surface area contributed by atoms with Crippen LogP contribution in [0.3, 0.4) is 0 Å². The van der Waals surface area contributed by atoms with E-state index in [9.17, 15) is 10.5 Å². The highest BCUT2D eigenvalue weighted by molar-refractivity contribution is 6.00. The summed E-state index contributed by atoms with van der Waals surface area (Å²) in [6.45, 7) is 0. The molecule has 0 aliphatic heterocycles. The van der Waals surface area contributed by atoms with Gasteiger partial charge in [0.05, 0.1) is 22.5 Å². The fourth-order valence-electron chi connectivity index (χ4n) is 1.50. The van der Waals surface area contributed by atoms with E-state index in [-0.39, 0.29) is 11.1 Å². The lowest BCUT2D eigenvalue weighted by Crippen LogP contribution is -1.93. The van der Waals surface area contributed by atoms with E-state index >= 15 is 0 Å². The first-order chi connectivity index (χ1) is 8.86. The first-order valence-electron chi connectivity index (χ1n) is 5.24. The Morgan fingerprint density at radius 2 is 1.22 bits per heavy atom. The maximum Gasteiger partial charge on any atom is 0.103 e. The highest BCUT2D eigenvalue weighted by atomic mass is 14.7. The molecule has 2 aromatic heterocycles. The summed E-state index contributed by atoms with van der Waals surface area (Å²) in [6, 6.07) is 14.5. The monoisotopic (exact) mass is 232 g/mol. The van der Waals surface area contributed by atoms with Gasteiger partial charge in [0.2, 0.25) is 0 Å². The third-order valence-corrected chi connectivity index (χ3v) is 2.32. The third-order valence-electron chi connectivity index (χ3n) is 2.32. The molecule has 0 aliphatic carbocycles. The minimum atomic E-state index is 0.233. The maximum atomic E-state index is 9.22. The van der Waals surface area contributed by atoms with Gasteiger partial charge in [0.15, 0.2) is 0 Å². The van der Waals surface area contributed by atoms with Gasteiger partial charge in [0.1, 0.15) is 12.1 Å². The van der Waals surface area contributed by atoms with Gasteiger partial charge < -0.3 is 0 Å². The van der Waals surface area contributed by atoms with Crippen molar-refractivity contribution in [2.75, 3.05) is 0 Å². The Bertz CT molecular complexity index is 586. The minimum Gasteiger partial charge on any atom is -0.255 e. The van der Waals surface area contributed by atoms with Crippen molar-refractivity contribution in [2.24, 2.45) is 0 Å². The molecule has 0 atom stereocenters. The average Bonchev–Trinajstić information content (AvgIpc) is 2.46. The molecule has 0 saturated heterocycles. The largest absolute Gasteiger partial charge is 0.255 e. The summed E-state index contributed by atoms with van der Waals surface area (Å²) in [5, 5.41) is 18.4. The van der Waals surface area contributed by atoms with E-state index < -0.39 is 0 Å². The van der Waals surface area contributed by atoms with Crippen molar-refractivity contribution < 1.29 is 0 Å². The van der Waals surface area contributed by atoms with Crippen LogP contribution in [-0.4, -0.2) is 9.97 Å². The van der Waals surface area contributed by atoms with E-state index in [2.05, 4.69) is 9.97 Å². The maximum absolute atomic E-state index is 9.22. The van der Waals surface area contributed by atoms with Crippen LogP contribution in [0.1, 0.15) is 11.4 Å². The SMILES string of the molecule is N#C/C(=C(/C#N)c1ccccn1)c1ccccn1. The van der Waals surface area contributed by atoms with Gasteiger partial charge in [0.25, 0.3) is 0 Å². The second-order valence-corrected chi connectivity index (χ2v) is 3.40. The number of aromatic nitrogens is 2. The molecule has 18 heavy (non-hydrogen) atoms. The van der Waals surface area contributed by atoms with Gasteiger partial charge in [-0.05, 0) is 24.3 Å². The molecule has 0 unspecified atom stereocenters. The van der Waals surface area contributed by atoms with Gasteiger partial charge in [-0.15, -0.1) is 0 Å². The molecule has 0 radical (unpaired) electrons. The van der Waals surface area contributed by atoms with Crippen molar-refractivity contribution in [1.82, 2.24) is 9.97 Å². The van der Waals surface area contributed by atoms with E-state index in [0.717, 1.165) is 0 Å². The number of nitrogens with zero attached hydrogens (tertiary/aromatic N) is 4. The highest BCUT2D eigenvalue weighted by Crippen LogP contribution is 2.22. The molecule has 2 heterocycles. The topological polar surface area (TPSA) is 73.4 Å². The lowest BCUT2D eigenvalue weighted by atomic mass is 10.0. The minimum absolute atomic E-state index is 0.233. The standard InChI is InChI=1S/C14H8N4/c15-9-11(13-5-1-3-7-17-13)12(10-16)14-6-2-4-8-18-14/h1-8H/b12-11+. The van der Waals surface area contributed by atoms with Crippen molar-refractivity contribution in [2.45, 2.75) is 0 Å². The summed E-state index contributed by atoms with van der Waals surface area (Å²) in [6.07, 6.45) is 3.17. The number of pyridine rings is 2. The van der Waals surface area contributed by atoms with E-state index in [4.69, 9.17) is 0 Å². The Labute approximate surface area is 104 Å². The van der Waals surface area contributed by atoms with E-state index in [1.807, 2.05) is 12.1 Å². The van der Waals surface area contributed by atoms with Crippen molar-refractivity contribution >= 4 is 11.1 Å². The fraction of sp³-hybridized carbons (Fsp3) is 0. The number of hydrogen-bond acceptors (Lipinski definition) is 4. The second-order valence-electron chi connectivity index (χ2n) is 3.40. The van der Waals surface area contributed by atoms with E-state index in [1.54, 1.807) is 48.8 Å². The van der Waals surface area contributed by atoms with Crippen LogP contribution in [0.5, 0.6) is 0 Å². The number of rotatable bonds is 2. The highest BCUT2D eigenvalue weighted by Gasteiger charge is 2.12. The first-order valence-corrected chi connectivity index (χ1v) is 5.24. The van der Waals surface area contributed by atoms with E-state index in [1.165, 1.54) is 0 Å². The van der Waals surface area contributed by atoms with Crippen LogP contribution in [0.15, 0.2) is 48.8 Å². The Morgan fingerprint density at radius 1 is 0.778 bits per heavy atom. The molecule has 0 aromatic carbocycles. The Kier molecular flexibility index (Phi) is 3.44. The van der Waals surface area contributed by atoms with Gasteiger partial charge in [-0.3, -0.25) is 9.97 Å². The molecule has 0 amide bonds. The van der Waals surface area contributed by atoms with Crippen LogP contribution in [-0.2, 0) is 0 Å². The summed E-state index contributed by atoms with van der Waals surface area (Å²) in [5.41, 5.74) is 1.41. The molecule has 4 nitrogen and oxygen atoms in total. The number of nitriles is 2. The van der Waals surface area contributed by atoms with Crippen molar-refractivity contribution in [3.05, 3.63) is 60.2 Å². The smallest absolute Gasteiger partial charge is 0.103 e. The molecule has 0 bridgehead atoms. The summed E-state index contributed by atoms with van der Waals surface area (Å²) in [7, 11) is 0. The zero-order valence-electron chi connectivity index (χ0n) is 9.41. The lowest BCUT2D eigenvalue weighted by Gasteiger charge is -2.02. The van der Waals surface area contributed by atoms with Gasteiger partial charge in [-0.2, -0.15) is 10.5 Å². The van der Waals surface area contributed by atoms with Crippen molar-refractivity contribution in [3.63, 3.8) is 0 Å². The Balaban J connectivity index is 2.63. The summed E-state index contributed by atoms with van der Waals surface area (Å²) < 4.78 is 0. The summed E-state index contributed by atoms with van der Waals surface area (Å²) in [4.78, 5) is 8.17. The van der Waals surface area contributed by atoms with Crippen LogP contribution in [0.4, 0.5) is 0 Å². The molecule has 0 spiro atoms. The zero-order valence-corrected chi connectivity index (χ0v) is 9.41. The quantitative estimate of drug-likeness (QED) is 0.745. The Hall–Kier alpha value is -2.98. The van der Waals surface area contributed by atoms with Crippen LogP contribution in [0, 0.1) is 22.7 Å². The second kappa shape index (κ2) is 5.38. The summed E-state index contributed by atoms with van der Waals surface area (Å²) >= 11 is 0. The predicted octanol–water partition coefficient (Wildman–Crippen LogP) is 2.43. The molecule has 0 aliphatic rings. The molecular weight excluding hydrogens is 224 g/mol. The first kappa shape index (κ1) is 11.5. The van der Waals surface area contributed by atoms with Crippen LogP contribution >= 0.6 is 0 Å². The molecular formula is C14H8N4. The normalized spacial score (nSPS) is 11.0. The molecule has 84 valence electrons. The predicted molar refractivity (Wildman–Crippen MR) is 66.5 cm³/mol. The van der Waals surface area contributed by atoms with Gasteiger partial charge >= 0.3 is 0 Å². The molecule has 0 N–H and O–H groups in total. The van der Waals surface area contributed by atoms with Crippen molar-refractivity contribution in [3.8, 4) is 12.1 Å².